The van der Waals surface area contributed by atoms with Crippen LogP contribution in [0.1, 0.15) is 110 Å². The summed E-state index contributed by atoms with van der Waals surface area (Å²) >= 11 is 0. The molecule has 0 bridgehead atoms. The van der Waals surface area contributed by atoms with Crippen LogP contribution in [0.25, 0.3) is 0 Å². The van der Waals surface area contributed by atoms with Crippen LogP contribution in [0, 0.1) is 0 Å². The molecule has 0 aliphatic heterocycles. The maximum Gasteiger partial charge on any atom is 0.316 e. The normalized spacial score (nSPS) is 12.1. The Kier molecular flexibility index (Phi) is 25.9. The Hall–Kier alpha value is 0.838. The first-order chi connectivity index (χ1) is 10.8. The molecule has 0 rings (SSSR count). The van der Waals surface area contributed by atoms with Crippen LogP contribution in [-0.4, -0.2) is 11.5 Å². The molecule has 0 spiro atoms. The summed E-state index contributed by atoms with van der Waals surface area (Å²) in [5.41, 5.74) is 0. The fourth-order valence-corrected chi connectivity index (χ4v) is 3.13. The largest absolute Gasteiger partial charge is 0.326 e. The predicted octanol–water partition coefficient (Wildman–Crippen LogP) is 6.64. The Balaban J connectivity index is 0. The van der Waals surface area contributed by atoms with E-state index in [0.717, 1.165) is 12.8 Å². The Labute approximate surface area is 159 Å². The molecule has 3 nitrogen and oxygen atoms in total. The van der Waals surface area contributed by atoms with Gasteiger partial charge in [0.05, 0.1) is 6.61 Å². The summed E-state index contributed by atoms with van der Waals surface area (Å²) in [6.45, 7) is 2.71. The third-order valence-electron chi connectivity index (χ3n) is 4.22. The van der Waals surface area contributed by atoms with Crippen molar-refractivity contribution in [2.75, 3.05) is 6.61 Å². The molecule has 1 atom stereocenters. The number of hydrogen-bond donors (Lipinski definition) is 1. The smallest absolute Gasteiger partial charge is 0.316 e. The molecule has 0 aliphatic carbocycles. The van der Waals surface area contributed by atoms with Crippen LogP contribution in [-0.2, 0) is 30.2 Å². The van der Waals surface area contributed by atoms with E-state index in [1.807, 2.05) is 0 Å². The van der Waals surface area contributed by atoms with Crippen molar-refractivity contribution < 1.29 is 35.0 Å². The van der Waals surface area contributed by atoms with Crippen molar-refractivity contribution >= 4 is 8.25 Å². The van der Waals surface area contributed by atoms with E-state index >= 15 is 0 Å². The maximum atomic E-state index is 10.3. The van der Waals surface area contributed by atoms with E-state index in [1.54, 1.807) is 0 Å². The van der Waals surface area contributed by atoms with Gasteiger partial charge in [-0.3, -0.25) is 4.57 Å². The topological polar surface area (TPSA) is 46.5 Å². The molecular formula is C18H39MoO3P. The van der Waals surface area contributed by atoms with E-state index in [9.17, 15) is 4.57 Å². The molecule has 0 radical (unpaired) electrons. The van der Waals surface area contributed by atoms with Gasteiger partial charge in [-0.05, 0) is 6.42 Å². The fourth-order valence-electron chi connectivity index (χ4n) is 2.81. The Bertz CT molecular complexity index is 240. The van der Waals surface area contributed by atoms with Crippen molar-refractivity contribution in [2.24, 2.45) is 0 Å². The summed E-state index contributed by atoms with van der Waals surface area (Å²) in [7, 11) is -2.70. The van der Waals surface area contributed by atoms with Gasteiger partial charge in [-0.2, -0.15) is 0 Å². The quantitative estimate of drug-likeness (QED) is 0.151. The second kappa shape index (κ2) is 22.8. The van der Waals surface area contributed by atoms with E-state index < -0.39 is 8.25 Å². The molecule has 140 valence electrons. The molecule has 5 heteroatoms. The Morgan fingerprint density at radius 3 is 1.26 bits per heavy atom. The van der Waals surface area contributed by atoms with Crippen molar-refractivity contribution in [3.8, 4) is 0 Å². The molecule has 0 saturated heterocycles. The van der Waals surface area contributed by atoms with Gasteiger partial charge in [0.25, 0.3) is 0 Å². The summed E-state index contributed by atoms with van der Waals surface area (Å²) in [4.78, 5) is 8.50. The molecule has 1 unspecified atom stereocenters. The van der Waals surface area contributed by atoms with Crippen LogP contribution < -0.4 is 0 Å². The SMILES string of the molecule is CCCCCCCCCCCCCCCCCCO[PH](=O)O.[Mo]. The molecule has 0 amide bonds. The van der Waals surface area contributed by atoms with Crippen LogP contribution in [0.2, 0.25) is 0 Å². The zero-order chi connectivity index (χ0) is 16.3. The molecule has 0 saturated carbocycles. The van der Waals surface area contributed by atoms with Crippen molar-refractivity contribution in [1.82, 2.24) is 0 Å². The molecule has 1 N–H and O–H groups in total. The summed E-state index contributed by atoms with van der Waals surface area (Å²) in [6.07, 6.45) is 21.4. The van der Waals surface area contributed by atoms with E-state index in [0.29, 0.717) is 6.61 Å². The predicted molar refractivity (Wildman–Crippen MR) is 96.7 cm³/mol. The number of rotatable bonds is 18. The zero-order valence-corrected chi connectivity index (χ0v) is 18.2. The molecule has 0 fully saturated rings. The first-order valence-electron chi connectivity index (χ1n) is 9.63. The number of unbranched alkanes of at least 4 members (excludes halogenated alkanes) is 15. The Morgan fingerprint density at radius 2 is 0.957 bits per heavy atom. The molecule has 0 aliphatic rings. The Morgan fingerprint density at radius 1 is 0.652 bits per heavy atom. The first kappa shape index (κ1) is 26.1. The molecule has 0 aromatic rings. The van der Waals surface area contributed by atoms with Crippen LogP contribution in [0.4, 0.5) is 0 Å². The summed E-state index contributed by atoms with van der Waals surface area (Å²) < 4.78 is 15.0. The second-order valence-electron chi connectivity index (χ2n) is 6.42. The summed E-state index contributed by atoms with van der Waals surface area (Å²) in [6, 6.07) is 0. The van der Waals surface area contributed by atoms with Gasteiger partial charge in [-0.1, -0.05) is 103 Å². The van der Waals surface area contributed by atoms with Crippen molar-refractivity contribution in [3.05, 3.63) is 0 Å². The second-order valence-corrected chi connectivity index (χ2v) is 7.24. The van der Waals surface area contributed by atoms with E-state index in [1.165, 1.54) is 89.9 Å². The standard InChI is InChI=1S/C18H39O3P.Mo/c1-2-3-4-5-6-7-8-9-10-11-12-13-14-15-16-17-18-21-22(19)20;/h22H,2-18H2,1H3,(H,19,20);. The minimum Gasteiger partial charge on any atom is -0.326 e. The van der Waals surface area contributed by atoms with Crippen LogP contribution in [0.15, 0.2) is 0 Å². The summed E-state index contributed by atoms with van der Waals surface area (Å²) in [5.74, 6) is 0. The first-order valence-corrected chi connectivity index (χ1v) is 10.9. The van der Waals surface area contributed by atoms with Gasteiger partial charge in [-0.15, -0.1) is 0 Å². The van der Waals surface area contributed by atoms with E-state index in [4.69, 9.17) is 4.89 Å². The molecule has 0 aromatic carbocycles. The van der Waals surface area contributed by atoms with Crippen LogP contribution in [0.5, 0.6) is 0 Å². The van der Waals surface area contributed by atoms with Crippen molar-refractivity contribution in [1.29, 1.82) is 0 Å². The van der Waals surface area contributed by atoms with Gasteiger partial charge in [0.1, 0.15) is 0 Å². The van der Waals surface area contributed by atoms with Crippen molar-refractivity contribution in [3.63, 3.8) is 0 Å². The van der Waals surface area contributed by atoms with Gasteiger partial charge in [0.2, 0.25) is 0 Å². The molecule has 23 heavy (non-hydrogen) atoms. The fraction of sp³-hybridized carbons (Fsp3) is 1.00. The third kappa shape index (κ3) is 25.2. The van der Waals surface area contributed by atoms with Crippen LogP contribution >= 0.6 is 8.25 Å². The third-order valence-corrected chi connectivity index (χ3v) is 4.67. The zero-order valence-electron chi connectivity index (χ0n) is 15.2. The average Bonchev–Trinajstić information content (AvgIpc) is 2.50. The van der Waals surface area contributed by atoms with Crippen molar-refractivity contribution in [2.45, 2.75) is 110 Å². The molecule has 0 aromatic heterocycles. The van der Waals surface area contributed by atoms with Gasteiger partial charge < -0.3 is 9.42 Å². The van der Waals surface area contributed by atoms with Gasteiger partial charge in [0, 0.05) is 21.1 Å². The minimum absolute atomic E-state index is 0. The number of hydrogen-bond acceptors (Lipinski definition) is 2. The maximum absolute atomic E-state index is 10.3. The van der Waals surface area contributed by atoms with Crippen LogP contribution in [0.3, 0.4) is 0 Å². The van der Waals surface area contributed by atoms with E-state index in [2.05, 4.69) is 11.4 Å². The molecule has 0 heterocycles. The van der Waals surface area contributed by atoms with E-state index in [-0.39, 0.29) is 21.1 Å². The monoisotopic (exact) mass is 432 g/mol. The van der Waals surface area contributed by atoms with Gasteiger partial charge >= 0.3 is 8.25 Å². The minimum atomic E-state index is -2.70. The average molecular weight is 430 g/mol. The van der Waals surface area contributed by atoms with Gasteiger partial charge in [-0.25, -0.2) is 0 Å². The molecular weight excluding hydrogens is 391 g/mol. The summed E-state index contributed by atoms with van der Waals surface area (Å²) in [5, 5.41) is 0. The van der Waals surface area contributed by atoms with Gasteiger partial charge in [0.15, 0.2) is 0 Å².